The van der Waals surface area contributed by atoms with E-state index in [0.29, 0.717) is 12.4 Å². The number of rotatable bonds is 7. The highest BCUT2D eigenvalue weighted by Gasteiger charge is 2.11. The maximum atomic E-state index is 11.7. The normalized spacial score (nSPS) is 11.1. The van der Waals surface area contributed by atoms with Crippen molar-refractivity contribution in [1.82, 2.24) is 15.0 Å². The predicted octanol–water partition coefficient (Wildman–Crippen LogP) is -0.208. The molecule has 19 heavy (non-hydrogen) atoms. The molecule has 0 bridgehead atoms. The molecular formula is C11H18N4O3S. The molecule has 0 unspecified atom stereocenters. The van der Waals surface area contributed by atoms with Gasteiger partial charge in [-0.1, -0.05) is 13.0 Å². The third kappa shape index (κ3) is 5.23. The lowest BCUT2D eigenvalue weighted by molar-refractivity contribution is 0.0951. The highest BCUT2D eigenvalue weighted by atomic mass is 32.2. The van der Waals surface area contributed by atoms with Crippen molar-refractivity contribution in [2.24, 2.45) is 0 Å². The molecular weight excluding hydrogens is 268 g/mol. The molecule has 0 spiro atoms. The lowest BCUT2D eigenvalue weighted by Gasteiger charge is -2.07. The molecule has 7 nitrogen and oxygen atoms in total. The molecule has 0 fully saturated rings. The van der Waals surface area contributed by atoms with Crippen LogP contribution in [0.25, 0.3) is 0 Å². The zero-order valence-corrected chi connectivity index (χ0v) is 11.8. The molecule has 1 rings (SSSR count). The van der Waals surface area contributed by atoms with Gasteiger partial charge in [-0.15, -0.1) is 0 Å². The van der Waals surface area contributed by atoms with Crippen LogP contribution in [0.1, 0.15) is 17.4 Å². The first-order chi connectivity index (χ1) is 8.98. The van der Waals surface area contributed by atoms with E-state index >= 15 is 0 Å². The van der Waals surface area contributed by atoms with Crippen LogP contribution in [0.3, 0.4) is 0 Å². The van der Waals surface area contributed by atoms with Crippen molar-refractivity contribution in [3.05, 3.63) is 23.9 Å². The second kappa shape index (κ2) is 7.05. The number of carbonyl (C=O) groups is 1. The van der Waals surface area contributed by atoms with Crippen molar-refractivity contribution in [2.45, 2.75) is 6.92 Å². The second-order valence-electron chi connectivity index (χ2n) is 3.73. The first-order valence-electron chi connectivity index (χ1n) is 5.89. The summed E-state index contributed by atoms with van der Waals surface area (Å²) in [5.74, 6) is 0.0231. The molecule has 1 aromatic rings. The third-order valence-electron chi connectivity index (χ3n) is 2.26. The standard InChI is InChI=1S/C11H18N4O3S/c1-3-14-19(17,18)8-7-13-11(16)9-5-4-6-10(12-2)15-9/h4-6,14H,3,7-8H2,1-2H3,(H,12,15)(H,13,16). The van der Waals surface area contributed by atoms with Crippen LogP contribution in [0.5, 0.6) is 0 Å². The van der Waals surface area contributed by atoms with Crippen LogP contribution in [-0.4, -0.2) is 45.2 Å². The summed E-state index contributed by atoms with van der Waals surface area (Å²) in [6.45, 7) is 2.07. The van der Waals surface area contributed by atoms with Crippen molar-refractivity contribution < 1.29 is 13.2 Å². The second-order valence-corrected chi connectivity index (χ2v) is 5.66. The molecule has 0 radical (unpaired) electrons. The molecule has 0 aliphatic carbocycles. The van der Waals surface area contributed by atoms with Crippen molar-refractivity contribution in [1.29, 1.82) is 0 Å². The van der Waals surface area contributed by atoms with Gasteiger partial charge in [0.2, 0.25) is 10.0 Å². The van der Waals surface area contributed by atoms with Gasteiger partial charge in [-0.3, -0.25) is 4.79 Å². The zero-order chi connectivity index (χ0) is 14.3. The van der Waals surface area contributed by atoms with Crippen LogP contribution < -0.4 is 15.4 Å². The molecule has 1 amide bonds. The Morgan fingerprint density at radius 1 is 1.37 bits per heavy atom. The maximum absolute atomic E-state index is 11.7. The third-order valence-corrected chi connectivity index (χ3v) is 3.73. The summed E-state index contributed by atoms with van der Waals surface area (Å²) < 4.78 is 25.1. The van der Waals surface area contributed by atoms with E-state index in [1.807, 2.05) is 0 Å². The van der Waals surface area contributed by atoms with Gasteiger partial charge in [0.1, 0.15) is 11.5 Å². The Labute approximate surface area is 112 Å². The van der Waals surface area contributed by atoms with Crippen LogP contribution in [-0.2, 0) is 10.0 Å². The number of hydrogen-bond donors (Lipinski definition) is 3. The Morgan fingerprint density at radius 3 is 2.74 bits per heavy atom. The largest absolute Gasteiger partial charge is 0.373 e. The molecule has 0 saturated carbocycles. The van der Waals surface area contributed by atoms with Crippen molar-refractivity contribution in [3.8, 4) is 0 Å². The van der Waals surface area contributed by atoms with Crippen LogP contribution in [0.4, 0.5) is 5.82 Å². The van der Waals surface area contributed by atoms with Gasteiger partial charge in [0, 0.05) is 20.1 Å². The van der Waals surface area contributed by atoms with Crippen LogP contribution in [0, 0.1) is 0 Å². The smallest absolute Gasteiger partial charge is 0.269 e. The summed E-state index contributed by atoms with van der Waals surface area (Å²) in [6.07, 6.45) is 0. The van der Waals surface area contributed by atoms with Crippen molar-refractivity contribution in [2.75, 3.05) is 31.2 Å². The molecule has 0 aromatic carbocycles. The number of hydrogen-bond acceptors (Lipinski definition) is 5. The summed E-state index contributed by atoms with van der Waals surface area (Å²) in [4.78, 5) is 15.8. The number of nitrogens with zero attached hydrogens (tertiary/aromatic N) is 1. The summed E-state index contributed by atoms with van der Waals surface area (Å²) in [7, 11) is -1.62. The van der Waals surface area contributed by atoms with Crippen LogP contribution in [0.15, 0.2) is 18.2 Å². The summed E-state index contributed by atoms with van der Waals surface area (Å²) in [5, 5.41) is 5.34. The van der Waals surface area contributed by atoms with E-state index in [2.05, 4.69) is 20.3 Å². The highest BCUT2D eigenvalue weighted by Crippen LogP contribution is 2.03. The first-order valence-corrected chi connectivity index (χ1v) is 7.54. The minimum atomic E-state index is -3.32. The van der Waals surface area contributed by atoms with Gasteiger partial charge in [0.25, 0.3) is 5.91 Å². The monoisotopic (exact) mass is 286 g/mol. The molecule has 0 aliphatic rings. The number of nitrogens with one attached hydrogen (secondary N) is 3. The van der Waals surface area contributed by atoms with E-state index in [-0.39, 0.29) is 18.0 Å². The molecule has 8 heteroatoms. The van der Waals surface area contributed by atoms with Gasteiger partial charge in [-0.05, 0) is 12.1 Å². The number of sulfonamides is 1. The van der Waals surface area contributed by atoms with Gasteiger partial charge in [-0.25, -0.2) is 18.1 Å². The van der Waals surface area contributed by atoms with Crippen LogP contribution >= 0.6 is 0 Å². The molecule has 106 valence electrons. The van der Waals surface area contributed by atoms with E-state index in [0.717, 1.165) is 0 Å². The summed E-state index contributed by atoms with van der Waals surface area (Å²) in [5.41, 5.74) is 0.243. The van der Waals surface area contributed by atoms with Gasteiger partial charge in [0.15, 0.2) is 0 Å². The number of pyridine rings is 1. The van der Waals surface area contributed by atoms with Gasteiger partial charge in [-0.2, -0.15) is 0 Å². The summed E-state index contributed by atoms with van der Waals surface area (Å²) in [6, 6.07) is 4.99. The molecule has 0 aliphatic heterocycles. The van der Waals surface area contributed by atoms with Crippen molar-refractivity contribution in [3.63, 3.8) is 0 Å². The fraction of sp³-hybridized carbons (Fsp3) is 0.455. The minimum Gasteiger partial charge on any atom is -0.373 e. The SMILES string of the molecule is CCNS(=O)(=O)CCNC(=O)c1cccc(NC)n1. The number of carbonyl (C=O) groups excluding carboxylic acids is 1. The lowest BCUT2D eigenvalue weighted by Crippen LogP contribution is -2.34. The number of anilines is 1. The van der Waals surface area contributed by atoms with Gasteiger partial charge < -0.3 is 10.6 Å². The average molecular weight is 286 g/mol. The van der Waals surface area contributed by atoms with E-state index in [1.165, 1.54) is 0 Å². The van der Waals surface area contributed by atoms with E-state index in [4.69, 9.17) is 0 Å². The highest BCUT2D eigenvalue weighted by molar-refractivity contribution is 7.89. The first kappa shape index (κ1) is 15.4. The molecule has 1 heterocycles. The lowest BCUT2D eigenvalue weighted by atomic mass is 10.3. The summed E-state index contributed by atoms with van der Waals surface area (Å²) >= 11 is 0. The quantitative estimate of drug-likeness (QED) is 0.644. The predicted molar refractivity (Wildman–Crippen MR) is 73.6 cm³/mol. The molecule has 1 aromatic heterocycles. The Balaban J connectivity index is 2.52. The van der Waals surface area contributed by atoms with Crippen LogP contribution in [0.2, 0.25) is 0 Å². The van der Waals surface area contributed by atoms with Gasteiger partial charge >= 0.3 is 0 Å². The molecule has 3 N–H and O–H groups in total. The topological polar surface area (TPSA) is 100 Å². The average Bonchev–Trinajstić information content (AvgIpc) is 2.38. The molecule has 0 atom stereocenters. The molecule has 0 saturated heterocycles. The number of aromatic nitrogens is 1. The van der Waals surface area contributed by atoms with E-state index < -0.39 is 15.9 Å². The maximum Gasteiger partial charge on any atom is 0.269 e. The van der Waals surface area contributed by atoms with E-state index in [1.54, 1.807) is 32.2 Å². The Morgan fingerprint density at radius 2 is 2.11 bits per heavy atom. The fourth-order valence-corrected chi connectivity index (χ4v) is 2.34. The zero-order valence-electron chi connectivity index (χ0n) is 10.9. The van der Waals surface area contributed by atoms with Crippen molar-refractivity contribution >= 4 is 21.7 Å². The number of amides is 1. The van der Waals surface area contributed by atoms with Gasteiger partial charge in [0.05, 0.1) is 5.75 Å². The van der Waals surface area contributed by atoms with E-state index in [9.17, 15) is 13.2 Å². The fourth-order valence-electron chi connectivity index (χ4n) is 1.38. The minimum absolute atomic E-state index is 0.0413. The Hall–Kier alpha value is -1.67. The Kier molecular flexibility index (Phi) is 5.71. The Bertz CT molecular complexity index is 530.